The summed E-state index contributed by atoms with van der Waals surface area (Å²) in [6.07, 6.45) is 4.18. The number of likely N-dealkylation sites (tertiary alicyclic amines) is 1. The molecule has 3 heterocycles. The van der Waals surface area contributed by atoms with Gasteiger partial charge in [0.1, 0.15) is 11.9 Å². The Morgan fingerprint density at radius 1 is 1.03 bits per heavy atom. The molecular formula is C24H22ClN3O2. The first-order chi connectivity index (χ1) is 14.7. The number of carbonyl (C=O) groups is 1. The summed E-state index contributed by atoms with van der Waals surface area (Å²) < 4.78 is 6.36. The lowest BCUT2D eigenvalue weighted by atomic mass is 10.1. The zero-order chi connectivity index (χ0) is 20.5. The average Bonchev–Trinajstić information content (AvgIpc) is 3.17. The SMILES string of the molecule is O=C1[C@@H]2C[C@@H](CN2Cc2ccccc2Cl)Oc2ccccc2N1Cc1cccnc1. The van der Waals surface area contributed by atoms with E-state index >= 15 is 0 Å². The largest absolute Gasteiger partial charge is 0.487 e. The number of nitrogens with zero attached hydrogens (tertiary/aromatic N) is 3. The molecule has 0 aliphatic carbocycles. The van der Waals surface area contributed by atoms with Crippen LogP contribution in [-0.4, -0.2) is 34.5 Å². The second-order valence-corrected chi connectivity index (χ2v) is 8.17. The lowest BCUT2D eigenvalue weighted by molar-refractivity contribution is -0.123. The molecule has 2 atom stereocenters. The molecule has 30 heavy (non-hydrogen) atoms. The predicted molar refractivity (Wildman–Crippen MR) is 117 cm³/mol. The monoisotopic (exact) mass is 419 g/mol. The van der Waals surface area contributed by atoms with Crippen molar-refractivity contribution < 1.29 is 9.53 Å². The van der Waals surface area contributed by atoms with E-state index < -0.39 is 0 Å². The second kappa shape index (κ2) is 8.09. The van der Waals surface area contributed by atoms with Crippen molar-refractivity contribution >= 4 is 23.2 Å². The van der Waals surface area contributed by atoms with E-state index in [0.717, 1.165) is 27.6 Å². The van der Waals surface area contributed by atoms with Gasteiger partial charge in [0, 0.05) is 36.9 Å². The summed E-state index contributed by atoms with van der Waals surface area (Å²) in [6.45, 7) is 1.76. The van der Waals surface area contributed by atoms with Crippen LogP contribution < -0.4 is 9.64 Å². The van der Waals surface area contributed by atoms with E-state index in [4.69, 9.17) is 16.3 Å². The molecule has 3 aromatic rings. The number of aromatic nitrogens is 1. The molecule has 0 saturated carbocycles. The summed E-state index contributed by atoms with van der Waals surface area (Å²) in [7, 11) is 0. The number of hydrogen-bond acceptors (Lipinski definition) is 4. The molecule has 0 spiro atoms. The normalized spacial score (nSPS) is 21.0. The zero-order valence-corrected chi connectivity index (χ0v) is 17.2. The molecule has 0 N–H and O–H groups in total. The highest BCUT2D eigenvalue weighted by molar-refractivity contribution is 6.31. The van der Waals surface area contributed by atoms with Gasteiger partial charge in [-0.15, -0.1) is 0 Å². The quantitative estimate of drug-likeness (QED) is 0.632. The van der Waals surface area contributed by atoms with Gasteiger partial charge in [0.25, 0.3) is 0 Å². The molecule has 0 unspecified atom stereocenters. The van der Waals surface area contributed by atoms with Crippen molar-refractivity contribution in [3.8, 4) is 5.75 Å². The summed E-state index contributed by atoms with van der Waals surface area (Å²) in [6, 6.07) is 19.2. The molecule has 6 heteroatoms. The lowest BCUT2D eigenvalue weighted by Crippen LogP contribution is -2.45. The summed E-state index contributed by atoms with van der Waals surface area (Å²) in [5, 5.41) is 0.721. The van der Waals surface area contributed by atoms with E-state index in [1.807, 2.05) is 65.6 Å². The third kappa shape index (κ3) is 3.66. The van der Waals surface area contributed by atoms with Crippen molar-refractivity contribution in [2.45, 2.75) is 31.7 Å². The fourth-order valence-corrected chi connectivity index (χ4v) is 4.51. The fourth-order valence-electron chi connectivity index (χ4n) is 4.32. The second-order valence-electron chi connectivity index (χ2n) is 7.77. The Bertz CT molecular complexity index is 1060. The molecular weight excluding hydrogens is 398 g/mol. The molecule has 5 rings (SSSR count). The molecule has 2 aromatic carbocycles. The molecule has 152 valence electrons. The average molecular weight is 420 g/mol. The van der Waals surface area contributed by atoms with Crippen LogP contribution in [0.3, 0.4) is 0 Å². The maximum absolute atomic E-state index is 13.8. The molecule has 1 saturated heterocycles. The van der Waals surface area contributed by atoms with Gasteiger partial charge in [0.05, 0.1) is 18.3 Å². The number of ether oxygens (including phenoxy) is 1. The number of amides is 1. The third-order valence-corrected chi connectivity index (χ3v) is 6.13. The molecule has 2 aliphatic rings. The zero-order valence-electron chi connectivity index (χ0n) is 16.4. The van der Waals surface area contributed by atoms with Crippen molar-refractivity contribution in [2.24, 2.45) is 0 Å². The van der Waals surface area contributed by atoms with Gasteiger partial charge in [-0.25, -0.2) is 0 Å². The minimum Gasteiger partial charge on any atom is -0.487 e. The van der Waals surface area contributed by atoms with Crippen molar-refractivity contribution in [3.05, 3.63) is 89.2 Å². The van der Waals surface area contributed by atoms with Gasteiger partial charge in [-0.2, -0.15) is 0 Å². The van der Waals surface area contributed by atoms with Crippen molar-refractivity contribution in [3.63, 3.8) is 0 Å². The summed E-state index contributed by atoms with van der Waals surface area (Å²) in [4.78, 5) is 22.0. The minimum absolute atomic E-state index is 0.0249. The fraction of sp³-hybridized carbons (Fsp3) is 0.250. The molecule has 2 aliphatic heterocycles. The number of anilines is 1. The van der Waals surface area contributed by atoms with Crippen molar-refractivity contribution in [1.82, 2.24) is 9.88 Å². The minimum atomic E-state index is -0.253. The van der Waals surface area contributed by atoms with Crippen LogP contribution in [0.2, 0.25) is 5.02 Å². The smallest absolute Gasteiger partial charge is 0.244 e. The van der Waals surface area contributed by atoms with Gasteiger partial charge < -0.3 is 9.64 Å². The highest BCUT2D eigenvalue weighted by Gasteiger charge is 2.42. The van der Waals surface area contributed by atoms with Crippen LogP contribution in [0.15, 0.2) is 73.1 Å². The van der Waals surface area contributed by atoms with Crippen LogP contribution in [0.25, 0.3) is 0 Å². The first-order valence-corrected chi connectivity index (χ1v) is 10.5. The van der Waals surface area contributed by atoms with E-state index in [-0.39, 0.29) is 18.1 Å². The summed E-state index contributed by atoms with van der Waals surface area (Å²) >= 11 is 6.40. The number of halogens is 1. The Kier molecular flexibility index (Phi) is 5.15. The van der Waals surface area contributed by atoms with E-state index in [1.54, 1.807) is 12.4 Å². The molecule has 1 fully saturated rings. The Morgan fingerprint density at radius 3 is 2.70 bits per heavy atom. The Morgan fingerprint density at radius 2 is 1.87 bits per heavy atom. The predicted octanol–water partition coefficient (Wildman–Crippen LogP) is 4.30. The van der Waals surface area contributed by atoms with E-state index in [1.165, 1.54) is 0 Å². The van der Waals surface area contributed by atoms with Gasteiger partial charge in [-0.05, 0) is 35.4 Å². The third-order valence-electron chi connectivity index (χ3n) is 5.76. The van der Waals surface area contributed by atoms with Gasteiger partial charge >= 0.3 is 0 Å². The highest BCUT2D eigenvalue weighted by Crippen LogP contribution is 2.37. The van der Waals surface area contributed by atoms with Crippen molar-refractivity contribution in [1.29, 1.82) is 0 Å². The first-order valence-electron chi connectivity index (χ1n) is 10.1. The van der Waals surface area contributed by atoms with Crippen LogP contribution in [0.4, 0.5) is 5.69 Å². The Hall–Kier alpha value is -2.89. The standard InChI is InChI=1S/C24H22ClN3O2/c25-20-8-2-1-7-18(20)15-27-16-19-12-22(27)24(29)28(14-17-6-5-11-26-13-17)21-9-3-4-10-23(21)30-19/h1-11,13,19,22H,12,14-16H2/t19-,22-/m0/s1. The van der Waals surface area contributed by atoms with Gasteiger partial charge in [-0.1, -0.05) is 48.0 Å². The number of rotatable bonds is 4. The van der Waals surface area contributed by atoms with Gasteiger partial charge in [0.2, 0.25) is 5.91 Å². The maximum Gasteiger partial charge on any atom is 0.244 e. The Labute approximate surface area is 180 Å². The van der Waals surface area contributed by atoms with Crippen LogP contribution in [0, 0.1) is 0 Å². The van der Waals surface area contributed by atoms with Crippen LogP contribution in [0.5, 0.6) is 5.75 Å². The highest BCUT2D eigenvalue weighted by atomic mass is 35.5. The number of carbonyl (C=O) groups excluding carboxylic acids is 1. The van der Waals surface area contributed by atoms with Crippen LogP contribution in [0.1, 0.15) is 17.5 Å². The number of para-hydroxylation sites is 2. The number of pyridine rings is 1. The first kappa shape index (κ1) is 19.1. The van der Waals surface area contributed by atoms with Crippen LogP contribution >= 0.6 is 11.6 Å². The molecule has 2 bridgehead atoms. The lowest BCUT2D eigenvalue weighted by Gasteiger charge is -2.32. The molecule has 0 radical (unpaired) electrons. The topological polar surface area (TPSA) is 45.7 Å². The van der Waals surface area contributed by atoms with Crippen molar-refractivity contribution in [2.75, 3.05) is 11.4 Å². The van der Waals surface area contributed by atoms with E-state index in [9.17, 15) is 4.79 Å². The van der Waals surface area contributed by atoms with E-state index in [0.29, 0.717) is 26.1 Å². The molecule has 5 nitrogen and oxygen atoms in total. The number of hydrogen-bond donors (Lipinski definition) is 0. The molecule has 1 aromatic heterocycles. The van der Waals surface area contributed by atoms with Gasteiger partial charge in [0.15, 0.2) is 0 Å². The number of fused-ring (bicyclic) bond motifs is 3. The summed E-state index contributed by atoms with van der Waals surface area (Å²) in [5.41, 5.74) is 2.81. The van der Waals surface area contributed by atoms with Crippen LogP contribution in [-0.2, 0) is 17.9 Å². The van der Waals surface area contributed by atoms with Gasteiger partial charge in [-0.3, -0.25) is 14.7 Å². The Balaban J connectivity index is 1.50. The molecule has 1 amide bonds. The van der Waals surface area contributed by atoms with E-state index in [2.05, 4.69) is 9.88 Å². The maximum atomic E-state index is 13.8. The summed E-state index contributed by atoms with van der Waals surface area (Å²) in [5.74, 6) is 0.835. The number of benzene rings is 2.